The van der Waals surface area contributed by atoms with Crippen molar-refractivity contribution < 1.29 is 19.5 Å². The van der Waals surface area contributed by atoms with E-state index in [0.717, 1.165) is 25.0 Å². The van der Waals surface area contributed by atoms with Crippen molar-refractivity contribution in [3.63, 3.8) is 0 Å². The normalized spacial score (nSPS) is 21.0. The van der Waals surface area contributed by atoms with Crippen molar-refractivity contribution in [2.45, 2.75) is 43.4 Å². The molecule has 1 heterocycles. The number of thioether (sulfide) groups is 1. The van der Waals surface area contributed by atoms with Crippen LogP contribution in [0.25, 0.3) is 0 Å². The first kappa shape index (κ1) is 14.8. The van der Waals surface area contributed by atoms with Crippen LogP contribution in [-0.2, 0) is 14.4 Å². The Kier molecular flexibility index (Phi) is 5.97. The van der Waals surface area contributed by atoms with Gasteiger partial charge in [0.15, 0.2) is 0 Å². The lowest BCUT2D eigenvalue weighted by Crippen LogP contribution is -2.45. The molecular formula is C11H18N2O4S. The number of primary amides is 1. The van der Waals surface area contributed by atoms with Crippen molar-refractivity contribution in [3.8, 4) is 0 Å². The molecule has 0 aromatic heterocycles. The molecule has 1 fully saturated rings. The Hall–Kier alpha value is -1.24. The first-order chi connectivity index (χ1) is 8.50. The van der Waals surface area contributed by atoms with Gasteiger partial charge in [-0.15, -0.1) is 11.8 Å². The SMILES string of the molecule is NC(=O)CCC(NC(=O)C1CCCCS1)C(=O)O. The number of carboxylic acid groups (broad SMARTS) is 1. The predicted molar refractivity (Wildman–Crippen MR) is 68.1 cm³/mol. The molecule has 102 valence electrons. The molecule has 1 aliphatic rings. The van der Waals surface area contributed by atoms with Crippen LogP contribution in [0.3, 0.4) is 0 Å². The van der Waals surface area contributed by atoms with Crippen molar-refractivity contribution in [1.29, 1.82) is 0 Å². The van der Waals surface area contributed by atoms with Gasteiger partial charge in [-0.2, -0.15) is 0 Å². The molecule has 4 N–H and O–H groups in total. The minimum absolute atomic E-state index is 0.0355. The molecular weight excluding hydrogens is 256 g/mol. The quantitative estimate of drug-likeness (QED) is 0.636. The molecule has 18 heavy (non-hydrogen) atoms. The fraction of sp³-hybridized carbons (Fsp3) is 0.727. The fourth-order valence-electron chi connectivity index (χ4n) is 1.76. The van der Waals surface area contributed by atoms with Gasteiger partial charge in [-0.25, -0.2) is 4.79 Å². The summed E-state index contributed by atoms with van der Waals surface area (Å²) in [6.45, 7) is 0. The lowest BCUT2D eigenvalue weighted by atomic mass is 10.1. The summed E-state index contributed by atoms with van der Waals surface area (Å²) in [5.41, 5.74) is 4.97. The maximum Gasteiger partial charge on any atom is 0.326 e. The van der Waals surface area contributed by atoms with Gasteiger partial charge in [-0.1, -0.05) is 6.42 Å². The molecule has 0 bridgehead atoms. The van der Waals surface area contributed by atoms with Gasteiger partial charge in [-0.3, -0.25) is 9.59 Å². The molecule has 0 aliphatic carbocycles. The zero-order chi connectivity index (χ0) is 13.5. The van der Waals surface area contributed by atoms with Gasteiger partial charge in [0.05, 0.1) is 5.25 Å². The van der Waals surface area contributed by atoms with Gasteiger partial charge >= 0.3 is 5.97 Å². The molecule has 0 saturated carbocycles. The van der Waals surface area contributed by atoms with Gasteiger partial charge in [0.1, 0.15) is 6.04 Å². The summed E-state index contributed by atoms with van der Waals surface area (Å²) in [4.78, 5) is 33.4. The first-order valence-electron chi connectivity index (χ1n) is 5.94. The fourth-order valence-corrected chi connectivity index (χ4v) is 2.96. The zero-order valence-corrected chi connectivity index (χ0v) is 10.9. The topological polar surface area (TPSA) is 109 Å². The highest BCUT2D eigenvalue weighted by molar-refractivity contribution is 8.00. The molecule has 6 nitrogen and oxygen atoms in total. The van der Waals surface area contributed by atoms with E-state index in [9.17, 15) is 14.4 Å². The van der Waals surface area contributed by atoms with Crippen LogP contribution in [-0.4, -0.2) is 39.9 Å². The number of amides is 2. The molecule has 7 heteroatoms. The average molecular weight is 274 g/mol. The van der Waals surface area contributed by atoms with Crippen molar-refractivity contribution in [1.82, 2.24) is 5.32 Å². The Morgan fingerprint density at radius 1 is 1.39 bits per heavy atom. The third-order valence-electron chi connectivity index (χ3n) is 2.77. The molecule has 0 aromatic carbocycles. The molecule has 1 saturated heterocycles. The smallest absolute Gasteiger partial charge is 0.326 e. The van der Waals surface area contributed by atoms with E-state index in [-0.39, 0.29) is 24.0 Å². The Morgan fingerprint density at radius 2 is 2.11 bits per heavy atom. The number of carboxylic acids is 1. The number of aliphatic carboxylic acids is 1. The lowest BCUT2D eigenvalue weighted by Gasteiger charge is -2.22. The minimum Gasteiger partial charge on any atom is -0.480 e. The van der Waals surface area contributed by atoms with E-state index in [4.69, 9.17) is 10.8 Å². The van der Waals surface area contributed by atoms with Crippen LogP contribution < -0.4 is 11.1 Å². The second-order valence-electron chi connectivity index (χ2n) is 4.26. The number of carbonyl (C=O) groups excluding carboxylic acids is 2. The predicted octanol–water partition coefficient (Wildman–Crippen LogP) is 0.107. The molecule has 1 aliphatic heterocycles. The second-order valence-corrected chi connectivity index (χ2v) is 5.57. The first-order valence-corrected chi connectivity index (χ1v) is 6.98. The number of rotatable bonds is 6. The van der Waals surface area contributed by atoms with E-state index in [1.165, 1.54) is 0 Å². The van der Waals surface area contributed by atoms with E-state index in [0.29, 0.717) is 0 Å². The Labute approximate surface area is 110 Å². The molecule has 0 spiro atoms. The largest absolute Gasteiger partial charge is 0.480 e. The number of hydrogen-bond donors (Lipinski definition) is 3. The average Bonchev–Trinajstić information content (AvgIpc) is 2.34. The molecule has 2 amide bonds. The van der Waals surface area contributed by atoms with E-state index >= 15 is 0 Å². The van der Waals surface area contributed by atoms with E-state index < -0.39 is 17.9 Å². The number of nitrogens with one attached hydrogen (secondary N) is 1. The highest BCUT2D eigenvalue weighted by Crippen LogP contribution is 2.25. The third kappa shape index (κ3) is 4.95. The van der Waals surface area contributed by atoms with Crippen molar-refractivity contribution >= 4 is 29.5 Å². The molecule has 0 aromatic rings. The second kappa shape index (κ2) is 7.25. The number of carbonyl (C=O) groups is 3. The van der Waals surface area contributed by atoms with Crippen LogP contribution in [0.2, 0.25) is 0 Å². The number of hydrogen-bond acceptors (Lipinski definition) is 4. The molecule has 2 atom stereocenters. The third-order valence-corrected chi connectivity index (χ3v) is 4.14. The summed E-state index contributed by atoms with van der Waals surface area (Å²) in [5, 5.41) is 11.3. The Balaban J connectivity index is 2.46. The van der Waals surface area contributed by atoms with E-state index in [1.54, 1.807) is 11.8 Å². The van der Waals surface area contributed by atoms with Gasteiger partial charge in [0.25, 0.3) is 0 Å². The highest BCUT2D eigenvalue weighted by Gasteiger charge is 2.26. The van der Waals surface area contributed by atoms with E-state index in [2.05, 4.69) is 5.32 Å². The minimum atomic E-state index is -1.13. The van der Waals surface area contributed by atoms with Gasteiger partial charge < -0.3 is 16.2 Å². The van der Waals surface area contributed by atoms with Crippen LogP contribution in [0.4, 0.5) is 0 Å². The van der Waals surface area contributed by atoms with Crippen LogP contribution >= 0.6 is 11.8 Å². The summed E-state index contributed by atoms with van der Waals surface area (Å²) in [5.74, 6) is -1.03. The van der Waals surface area contributed by atoms with Gasteiger partial charge in [0, 0.05) is 6.42 Å². The summed E-state index contributed by atoms with van der Waals surface area (Å²) in [7, 11) is 0. The number of nitrogens with two attached hydrogens (primary N) is 1. The molecule has 0 radical (unpaired) electrons. The summed E-state index contributed by atoms with van der Waals surface area (Å²) >= 11 is 1.55. The standard InChI is InChI=1S/C11H18N2O4S/c12-9(14)5-4-7(11(16)17)13-10(15)8-3-1-2-6-18-8/h7-8H,1-6H2,(H2,12,14)(H,13,15)(H,16,17). The molecule has 2 unspecified atom stereocenters. The maximum atomic E-state index is 11.8. The highest BCUT2D eigenvalue weighted by atomic mass is 32.2. The maximum absolute atomic E-state index is 11.8. The zero-order valence-electron chi connectivity index (χ0n) is 10.1. The summed E-state index contributed by atoms with van der Waals surface area (Å²) in [6, 6.07) is -1.03. The van der Waals surface area contributed by atoms with Crippen LogP contribution in [0.5, 0.6) is 0 Å². The van der Waals surface area contributed by atoms with Crippen molar-refractivity contribution in [3.05, 3.63) is 0 Å². The monoisotopic (exact) mass is 274 g/mol. The van der Waals surface area contributed by atoms with Crippen molar-refractivity contribution in [2.24, 2.45) is 5.73 Å². The van der Waals surface area contributed by atoms with Gasteiger partial charge in [0.2, 0.25) is 11.8 Å². The van der Waals surface area contributed by atoms with Crippen LogP contribution in [0.1, 0.15) is 32.1 Å². The van der Waals surface area contributed by atoms with Crippen LogP contribution in [0, 0.1) is 0 Å². The Bertz CT molecular complexity index is 329. The molecule has 1 rings (SSSR count). The Morgan fingerprint density at radius 3 is 2.61 bits per heavy atom. The van der Waals surface area contributed by atoms with Crippen LogP contribution in [0.15, 0.2) is 0 Å². The van der Waals surface area contributed by atoms with Gasteiger partial charge in [-0.05, 0) is 25.0 Å². The summed E-state index contributed by atoms with van der Waals surface area (Å²) in [6.07, 6.45) is 2.85. The summed E-state index contributed by atoms with van der Waals surface area (Å²) < 4.78 is 0. The van der Waals surface area contributed by atoms with E-state index in [1.807, 2.05) is 0 Å². The lowest BCUT2D eigenvalue weighted by molar-refractivity contribution is -0.142. The van der Waals surface area contributed by atoms with Crippen molar-refractivity contribution in [2.75, 3.05) is 5.75 Å².